The van der Waals surface area contributed by atoms with Gasteiger partial charge in [-0.05, 0) is 43.9 Å². The topological polar surface area (TPSA) is 127 Å². The first-order chi connectivity index (χ1) is 12.8. The third-order valence-corrected chi connectivity index (χ3v) is 7.27. The van der Waals surface area contributed by atoms with Crippen LogP contribution in [0.15, 0.2) is 28.0 Å². The number of sulfonamides is 1. The molecule has 1 aromatic rings. The fourth-order valence-electron chi connectivity index (χ4n) is 3.12. The Bertz CT molecular complexity index is 934. The van der Waals surface area contributed by atoms with Crippen molar-refractivity contribution in [1.29, 1.82) is 0 Å². The summed E-state index contributed by atoms with van der Waals surface area (Å²) in [5.74, 6) is 0.246. The molecule has 0 aromatic heterocycles. The summed E-state index contributed by atoms with van der Waals surface area (Å²) in [5, 5.41) is 8.16. The number of amides is 1. The zero-order valence-electron chi connectivity index (χ0n) is 16.7. The summed E-state index contributed by atoms with van der Waals surface area (Å²) < 4.78 is 47.6. The van der Waals surface area contributed by atoms with Gasteiger partial charge in [0.15, 0.2) is 9.84 Å². The van der Waals surface area contributed by atoms with E-state index in [1.54, 1.807) is 0 Å². The molecule has 1 amide bonds. The second-order valence-electron chi connectivity index (χ2n) is 7.75. The molecule has 0 radical (unpaired) electrons. The number of nitrogens with one attached hydrogen (secondary N) is 1. The van der Waals surface area contributed by atoms with Crippen LogP contribution in [-0.4, -0.2) is 48.1 Å². The number of primary sulfonamides is 1. The molecule has 1 fully saturated rings. The number of hydrogen-bond donors (Lipinski definition) is 2. The van der Waals surface area contributed by atoms with Crippen molar-refractivity contribution in [3.05, 3.63) is 18.2 Å². The van der Waals surface area contributed by atoms with E-state index in [0.717, 1.165) is 12.3 Å². The van der Waals surface area contributed by atoms with Crippen molar-refractivity contribution in [3.8, 4) is 0 Å². The number of rotatable bonds is 6. The summed E-state index contributed by atoms with van der Waals surface area (Å²) >= 11 is 0. The Kier molecular flexibility index (Phi) is 6.78. The van der Waals surface area contributed by atoms with Crippen molar-refractivity contribution in [2.24, 2.45) is 17.0 Å². The third-order valence-electron chi connectivity index (χ3n) is 5.24. The van der Waals surface area contributed by atoms with E-state index >= 15 is 0 Å². The van der Waals surface area contributed by atoms with E-state index in [0.29, 0.717) is 37.5 Å². The van der Waals surface area contributed by atoms with Gasteiger partial charge in [0.1, 0.15) is 0 Å². The minimum atomic E-state index is -4.01. The highest BCUT2D eigenvalue weighted by atomic mass is 32.2. The lowest BCUT2D eigenvalue weighted by molar-refractivity contribution is -0.126. The van der Waals surface area contributed by atoms with Gasteiger partial charge >= 0.3 is 0 Å². The van der Waals surface area contributed by atoms with E-state index in [1.807, 2.05) is 25.7 Å². The molecule has 1 atom stereocenters. The molecule has 0 spiro atoms. The standard InChI is InChI=1S/C18H29N3O5S2/c1-12(2)13(3)20-18(22)14-7-9-21(10-8-14)16-6-5-15(28(19,25)26)11-17(16)27(4,23)24/h5-6,11-14H,7-10H2,1-4H3,(H,20,22)(H2,19,25,26). The van der Waals surface area contributed by atoms with E-state index in [4.69, 9.17) is 5.14 Å². The summed E-state index contributed by atoms with van der Waals surface area (Å²) in [4.78, 5) is 14.0. The van der Waals surface area contributed by atoms with Gasteiger partial charge in [-0.15, -0.1) is 0 Å². The van der Waals surface area contributed by atoms with Crippen molar-refractivity contribution in [1.82, 2.24) is 5.32 Å². The Labute approximate surface area is 167 Å². The molecule has 1 heterocycles. The van der Waals surface area contributed by atoms with E-state index < -0.39 is 19.9 Å². The average Bonchev–Trinajstić information content (AvgIpc) is 2.59. The molecule has 1 saturated heterocycles. The fraction of sp³-hybridized carbons (Fsp3) is 0.611. The van der Waals surface area contributed by atoms with Gasteiger partial charge in [0.05, 0.1) is 15.5 Å². The number of nitrogens with two attached hydrogens (primary N) is 1. The molecule has 1 aliphatic heterocycles. The van der Waals surface area contributed by atoms with Gasteiger partial charge in [0, 0.05) is 31.3 Å². The summed E-state index contributed by atoms with van der Waals surface area (Å²) in [6, 6.07) is 3.97. The highest BCUT2D eigenvalue weighted by Crippen LogP contribution is 2.31. The molecule has 1 aliphatic rings. The molecule has 10 heteroatoms. The first-order valence-corrected chi connectivity index (χ1v) is 12.7. The molecule has 8 nitrogen and oxygen atoms in total. The number of sulfone groups is 1. The van der Waals surface area contributed by atoms with Crippen LogP contribution in [-0.2, 0) is 24.7 Å². The highest BCUT2D eigenvalue weighted by Gasteiger charge is 2.29. The Balaban J connectivity index is 2.19. The minimum Gasteiger partial charge on any atom is -0.370 e. The normalized spacial score (nSPS) is 17.6. The van der Waals surface area contributed by atoms with E-state index in [1.165, 1.54) is 12.1 Å². The van der Waals surface area contributed by atoms with Gasteiger partial charge in [-0.1, -0.05) is 13.8 Å². The van der Waals surface area contributed by atoms with Crippen molar-refractivity contribution < 1.29 is 21.6 Å². The van der Waals surface area contributed by atoms with Crippen LogP contribution in [0.4, 0.5) is 5.69 Å². The Morgan fingerprint density at radius 1 is 1.14 bits per heavy atom. The second kappa shape index (κ2) is 8.38. The van der Waals surface area contributed by atoms with Crippen LogP contribution in [0.5, 0.6) is 0 Å². The van der Waals surface area contributed by atoms with Crippen LogP contribution in [0.3, 0.4) is 0 Å². The maximum atomic E-state index is 12.4. The lowest BCUT2D eigenvalue weighted by Gasteiger charge is -2.34. The first kappa shape index (κ1) is 22.6. The van der Waals surface area contributed by atoms with E-state index in [9.17, 15) is 21.6 Å². The van der Waals surface area contributed by atoms with Gasteiger partial charge in [0.25, 0.3) is 0 Å². The Morgan fingerprint density at radius 3 is 2.18 bits per heavy atom. The number of nitrogens with zero attached hydrogens (tertiary/aromatic N) is 1. The number of anilines is 1. The first-order valence-electron chi connectivity index (χ1n) is 9.23. The molecule has 158 valence electrons. The number of piperidine rings is 1. The van der Waals surface area contributed by atoms with Crippen LogP contribution in [0, 0.1) is 11.8 Å². The minimum absolute atomic E-state index is 0.0220. The van der Waals surface area contributed by atoms with Crippen molar-refractivity contribution in [3.63, 3.8) is 0 Å². The molecule has 1 unspecified atom stereocenters. The zero-order chi connectivity index (χ0) is 21.3. The summed E-state index contributed by atoms with van der Waals surface area (Å²) in [6.45, 7) is 7.08. The summed E-state index contributed by atoms with van der Waals surface area (Å²) in [5.41, 5.74) is 0.435. The van der Waals surface area contributed by atoms with Gasteiger partial charge in [-0.3, -0.25) is 4.79 Å². The zero-order valence-corrected chi connectivity index (χ0v) is 18.3. The van der Waals surface area contributed by atoms with Gasteiger partial charge < -0.3 is 10.2 Å². The summed E-state index contributed by atoms with van der Waals surface area (Å²) in [7, 11) is -7.67. The van der Waals surface area contributed by atoms with Crippen molar-refractivity contribution >= 4 is 31.5 Å². The SMILES string of the molecule is CC(C)C(C)NC(=O)C1CCN(c2ccc(S(N)(=O)=O)cc2S(C)(=O)=O)CC1. The third kappa shape index (κ3) is 5.45. The molecular formula is C18H29N3O5S2. The van der Waals surface area contributed by atoms with Crippen molar-refractivity contribution in [2.45, 2.75) is 49.4 Å². The number of benzene rings is 1. The van der Waals surface area contributed by atoms with Gasteiger partial charge in [-0.2, -0.15) is 0 Å². The van der Waals surface area contributed by atoms with Crippen LogP contribution < -0.4 is 15.4 Å². The Hall–Kier alpha value is -1.65. The molecule has 1 aromatic carbocycles. The van der Waals surface area contributed by atoms with Gasteiger partial charge in [0.2, 0.25) is 15.9 Å². The smallest absolute Gasteiger partial charge is 0.238 e. The maximum Gasteiger partial charge on any atom is 0.238 e. The molecule has 3 N–H and O–H groups in total. The quantitative estimate of drug-likeness (QED) is 0.695. The monoisotopic (exact) mass is 431 g/mol. The molecule has 28 heavy (non-hydrogen) atoms. The molecule has 0 aliphatic carbocycles. The Morgan fingerprint density at radius 2 is 1.71 bits per heavy atom. The molecular weight excluding hydrogens is 402 g/mol. The fourth-order valence-corrected chi connectivity index (χ4v) is 4.65. The molecule has 0 bridgehead atoms. The molecule has 2 rings (SSSR count). The number of carbonyl (C=O) groups excluding carboxylic acids is 1. The van der Waals surface area contributed by atoms with Gasteiger partial charge in [-0.25, -0.2) is 22.0 Å². The van der Waals surface area contributed by atoms with Crippen LogP contribution in [0.2, 0.25) is 0 Å². The number of carbonyl (C=O) groups is 1. The average molecular weight is 432 g/mol. The molecule has 0 saturated carbocycles. The highest BCUT2D eigenvalue weighted by molar-refractivity contribution is 7.91. The van der Waals surface area contributed by atoms with Crippen LogP contribution >= 0.6 is 0 Å². The number of hydrogen-bond acceptors (Lipinski definition) is 6. The lowest BCUT2D eigenvalue weighted by Crippen LogP contribution is -2.44. The predicted octanol–water partition coefficient (Wildman–Crippen LogP) is 1.11. The second-order valence-corrected chi connectivity index (χ2v) is 11.3. The van der Waals surface area contributed by atoms with Crippen LogP contribution in [0.25, 0.3) is 0 Å². The predicted molar refractivity (Wildman–Crippen MR) is 108 cm³/mol. The van der Waals surface area contributed by atoms with Crippen molar-refractivity contribution in [2.75, 3.05) is 24.2 Å². The van der Waals surface area contributed by atoms with E-state index in [-0.39, 0.29) is 27.7 Å². The largest absolute Gasteiger partial charge is 0.370 e. The lowest BCUT2D eigenvalue weighted by atomic mass is 9.94. The summed E-state index contributed by atoms with van der Waals surface area (Å²) in [6.07, 6.45) is 2.22. The maximum absolute atomic E-state index is 12.4. The van der Waals surface area contributed by atoms with E-state index in [2.05, 4.69) is 5.32 Å². The van der Waals surface area contributed by atoms with Crippen LogP contribution in [0.1, 0.15) is 33.6 Å².